The van der Waals surface area contributed by atoms with Gasteiger partial charge in [0, 0.05) is 25.2 Å². The first-order chi connectivity index (χ1) is 14.9. The van der Waals surface area contributed by atoms with Crippen molar-refractivity contribution in [3.8, 4) is 22.8 Å². The highest BCUT2D eigenvalue weighted by atomic mass is 16.5. The Balaban J connectivity index is 2.46. The molecule has 2 heterocycles. The van der Waals surface area contributed by atoms with Crippen LogP contribution in [0.1, 0.15) is 30.1 Å². The van der Waals surface area contributed by atoms with E-state index in [2.05, 4.69) is 4.98 Å². The number of aryl methyl sites for hydroxylation is 1. The Kier molecular flexibility index (Phi) is 6.43. The summed E-state index contributed by atoms with van der Waals surface area (Å²) in [4.78, 5) is 43.0. The van der Waals surface area contributed by atoms with Gasteiger partial charge in [-0.3, -0.25) is 13.9 Å². The second-order valence-electron chi connectivity index (χ2n) is 6.96. The number of esters is 1. The van der Waals surface area contributed by atoms with Crippen LogP contribution in [0.15, 0.2) is 33.9 Å². The SMILES string of the molecule is CCCCn1c(=O)n(C)c(=O)c2c(C(=O)OC)cc(-c3ccc(OC)cc3OC)nc21. The van der Waals surface area contributed by atoms with Crippen LogP contribution in [0, 0.1) is 0 Å². The van der Waals surface area contributed by atoms with Gasteiger partial charge in [0.2, 0.25) is 0 Å². The van der Waals surface area contributed by atoms with E-state index in [9.17, 15) is 14.4 Å². The maximum Gasteiger partial charge on any atom is 0.338 e. The van der Waals surface area contributed by atoms with Gasteiger partial charge in [0.25, 0.3) is 5.56 Å². The fraction of sp³-hybridized carbons (Fsp3) is 0.364. The minimum absolute atomic E-state index is 0.0335. The number of ether oxygens (including phenoxy) is 3. The molecule has 0 fully saturated rings. The highest BCUT2D eigenvalue weighted by molar-refractivity contribution is 6.03. The van der Waals surface area contributed by atoms with Crippen LogP contribution in [0.25, 0.3) is 22.3 Å². The Hall–Kier alpha value is -3.62. The molecule has 0 unspecified atom stereocenters. The van der Waals surface area contributed by atoms with Crippen molar-refractivity contribution in [3.05, 3.63) is 50.7 Å². The molecule has 0 saturated carbocycles. The summed E-state index contributed by atoms with van der Waals surface area (Å²) >= 11 is 0. The standard InChI is InChI=1S/C22H25N3O6/c1-6-7-10-25-19-18(20(26)24(2)22(25)28)15(21(27)31-5)12-16(23-19)14-9-8-13(29-3)11-17(14)30-4/h8-9,11-12H,6-7,10H2,1-5H3. The van der Waals surface area contributed by atoms with Crippen molar-refractivity contribution in [1.82, 2.24) is 14.1 Å². The first kappa shape index (κ1) is 22.1. The number of unbranched alkanes of at least 4 members (excludes halogenated alkanes) is 1. The number of pyridine rings is 1. The Labute approximate surface area is 178 Å². The highest BCUT2D eigenvalue weighted by Gasteiger charge is 2.23. The normalized spacial score (nSPS) is 10.9. The molecule has 3 aromatic rings. The molecule has 0 saturated heterocycles. The molecule has 31 heavy (non-hydrogen) atoms. The van der Waals surface area contributed by atoms with Gasteiger partial charge in [-0.15, -0.1) is 0 Å². The number of carbonyl (C=O) groups is 1. The number of benzene rings is 1. The summed E-state index contributed by atoms with van der Waals surface area (Å²) in [6.45, 7) is 2.35. The number of fused-ring (bicyclic) bond motifs is 1. The van der Waals surface area contributed by atoms with E-state index in [0.29, 0.717) is 35.7 Å². The number of methoxy groups -OCH3 is 3. The van der Waals surface area contributed by atoms with E-state index in [1.165, 1.54) is 31.9 Å². The number of hydrogen-bond acceptors (Lipinski definition) is 7. The topological polar surface area (TPSA) is 102 Å². The Bertz CT molecular complexity index is 1260. The summed E-state index contributed by atoms with van der Waals surface area (Å²) in [5.41, 5.74) is 0.0152. The van der Waals surface area contributed by atoms with Crippen molar-refractivity contribution >= 4 is 17.0 Å². The van der Waals surface area contributed by atoms with Crippen LogP contribution < -0.4 is 20.7 Å². The van der Waals surface area contributed by atoms with Crippen molar-refractivity contribution in [3.63, 3.8) is 0 Å². The largest absolute Gasteiger partial charge is 0.497 e. The molecule has 0 aliphatic heterocycles. The molecule has 2 aromatic heterocycles. The summed E-state index contributed by atoms with van der Waals surface area (Å²) in [6, 6.07) is 6.64. The Morgan fingerprint density at radius 2 is 1.84 bits per heavy atom. The van der Waals surface area contributed by atoms with Crippen molar-refractivity contribution < 1.29 is 19.0 Å². The fourth-order valence-electron chi connectivity index (χ4n) is 3.40. The zero-order valence-corrected chi connectivity index (χ0v) is 18.2. The molecule has 9 nitrogen and oxygen atoms in total. The lowest BCUT2D eigenvalue weighted by atomic mass is 10.0. The molecule has 0 bridgehead atoms. The van der Waals surface area contributed by atoms with E-state index in [-0.39, 0.29) is 16.6 Å². The quantitative estimate of drug-likeness (QED) is 0.534. The maximum atomic E-state index is 12.9. The monoisotopic (exact) mass is 427 g/mol. The number of carbonyl (C=O) groups excluding carboxylic acids is 1. The van der Waals surface area contributed by atoms with Gasteiger partial charge in [0.15, 0.2) is 5.65 Å². The van der Waals surface area contributed by atoms with Crippen molar-refractivity contribution in [1.29, 1.82) is 0 Å². The maximum absolute atomic E-state index is 12.9. The summed E-state index contributed by atoms with van der Waals surface area (Å²) in [5.74, 6) is 0.357. The van der Waals surface area contributed by atoms with Crippen molar-refractivity contribution in [2.75, 3.05) is 21.3 Å². The zero-order chi connectivity index (χ0) is 22.7. The van der Waals surface area contributed by atoms with Crippen molar-refractivity contribution in [2.45, 2.75) is 26.3 Å². The number of rotatable bonds is 7. The summed E-state index contributed by atoms with van der Waals surface area (Å²) in [5, 5.41) is 0.0429. The third-order valence-electron chi connectivity index (χ3n) is 5.12. The molecule has 3 rings (SSSR count). The predicted octanol–water partition coefficient (Wildman–Crippen LogP) is 2.37. The average Bonchev–Trinajstić information content (AvgIpc) is 2.80. The molecule has 0 atom stereocenters. The van der Waals surface area contributed by atoms with E-state index < -0.39 is 17.2 Å². The molecular formula is C22H25N3O6. The van der Waals surface area contributed by atoms with Crippen LogP contribution in [0.2, 0.25) is 0 Å². The lowest BCUT2D eigenvalue weighted by Gasteiger charge is -2.16. The molecule has 1 aromatic carbocycles. The van der Waals surface area contributed by atoms with Gasteiger partial charge in [0.1, 0.15) is 11.5 Å². The molecule has 9 heteroatoms. The van der Waals surface area contributed by atoms with Gasteiger partial charge in [-0.2, -0.15) is 0 Å². The molecule has 0 N–H and O–H groups in total. The third-order valence-corrected chi connectivity index (χ3v) is 5.12. The molecule has 0 amide bonds. The minimum atomic E-state index is -0.695. The first-order valence-corrected chi connectivity index (χ1v) is 9.83. The number of hydrogen-bond donors (Lipinski definition) is 0. The Morgan fingerprint density at radius 3 is 2.45 bits per heavy atom. The van der Waals surface area contributed by atoms with E-state index >= 15 is 0 Å². The van der Waals surface area contributed by atoms with Crippen LogP contribution in [0.5, 0.6) is 11.5 Å². The van der Waals surface area contributed by atoms with Gasteiger partial charge in [-0.1, -0.05) is 13.3 Å². The van der Waals surface area contributed by atoms with E-state index in [1.54, 1.807) is 25.3 Å². The fourth-order valence-corrected chi connectivity index (χ4v) is 3.40. The van der Waals surface area contributed by atoms with Gasteiger partial charge in [0.05, 0.1) is 38.0 Å². The van der Waals surface area contributed by atoms with Crippen LogP contribution in [0.3, 0.4) is 0 Å². The van der Waals surface area contributed by atoms with Crippen molar-refractivity contribution in [2.24, 2.45) is 7.05 Å². The van der Waals surface area contributed by atoms with Gasteiger partial charge < -0.3 is 14.2 Å². The summed E-state index contributed by atoms with van der Waals surface area (Å²) in [6.07, 6.45) is 1.55. The first-order valence-electron chi connectivity index (χ1n) is 9.83. The molecule has 0 spiro atoms. The molecule has 164 valence electrons. The van der Waals surface area contributed by atoms with Crippen LogP contribution in [-0.2, 0) is 18.3 Å². The third kappa shape index (κ3) is 3.90. The molecule has 0 radical (unpaired) electrons. The number of aromatic nitrogens is 3. The zero-order valence-electron chi connectivity index (χ0n) is 18.2. The average molecular weight is 427 g/mol. The van der Waals surface area contributed by atoms with Gasteiger partial charge >= 0.3 is 11.7 Å². The molecule has 0 aliphatic carbocycles. The molecule has 0 aliphatic rings. The number of nitrogens with zero attached hydrogens (tertiary/aromatic N) is 3. The van der Waals surface area contributed by atoms with Crippen LogP contribution >= 0.6 is 0 Å². The predicted molar refractivity (Wildman–Crippen MR) is 116 cm³/mol. The lowest BCUT2D eigenvalue weighted by molar-refractivity contribution is 0.0602. The van der Waals surface area contributed by atoms with Gasteiger partial charge in [-0.05, 0) is 24.6 Å². The van der Waals surface area contributed by atoms with Crippen LogP contribution in [0.4, 0.5) is 0 Å². The lowest BCUT2D eigenvalue weighted by Crippen LogP contribution is -2.39. The van der Waals surface area contributed by atoms with Crippen LogP contribution in [-0.4, -0.2) is 41.4 Å². The minimum Gasteiger partial charge on any atom is -0.497 e. The smallest absolute Gasteiger partial charge is 0.338 e. The van der Waals surface area contributed by atoms with E-state index in [4.69, 9.17) is 14.2 Å². The molecular weight excluding hydrogens is 402 g/mol. The van der Waals surface area contributed by atoms with Gasteiger partial charge in [-0.25, -0.2) is 14.6 Å². The Morgan fingerprint density at radius 1 is 1.10 bits per heavy atom. The second kappa shape index (κ2) is 9.03. The summed E-state index contributed by atoms with van der Waals surface area (Å²) in [7, 11) is 5.67. The highest BCUT2D eigenvalue weighted by Crippen LogP contribution is 2.33. The van der Waals surface area contributed by atoms with E-state index in [1.807, 2.05) is 6.92 Å². The summed E-state index contributed by atoms with van der Waals surface area (Å²) < 4.78 is 18.0. The second-order valence-corrected chi connectivity index (χ2v) is 6.96. The van der Waals surface area contributed by atoms with E-state index in [0.717, 1.165) is 11.0 Å².